The van der Waals surface area contributed by atoms with E-state index in [1.165, 1.54) is 43.6 Å². The van der Waals surface area contributed by atoms with Gasteiger partial charge in [0, 0.05) is 60.2 Å². The highest BCUT2D eigenvalue weighted by Crippen LogP contribution is 2.41. The Morgan fingerprint density at radius 1 is 0.355 bits per heavy atom. The number of para-hydroxylation sites is 5. The Kier molecular flexibility index (Phi) is 9.81. The molecule has 0 saturated carbocycles. The molecule has 0 aliphatic rings. The zero-order chi connectivity index (χ0) is 50.6. The average Bonchev–Trinajstić information content (AvgIpc) is 4.29. The van der Waals surface area contributed by atoms with Crippen LogP contribution in [0.25, 0.3) is 121 Å². The molecule has 6 heteroatoms. The molecule has 0 aliphatic heterocycles. The molecular weight excluding hydrogens is 929 g/mol. The zero-order valence-electron chi connectivity index (χ0n) is 42.1. The topological polar surface area (TPSA) is 51.7 Å². The molecule has 15 aromatic rings. The van der Waals surface area contributed by atoms with E-state index in [0.29, 0.717) is 0 Å². The maximum absolute atomic E-state index is 6.45. The summed E-state index contributed by atoms with van der Waals surface area (Å²) in [7, 11) is 0. The molecule has 0 aliphatic carbocycles. The van der Waals surface area contributed by atoms with Crippen molar-refractivity contribution in [3.8, 4) is 33.6 Å². The van der Waals surface area contributed by atoms with Crippen LogP contribution in [0.5, 0.6) is 0 Å². The Bertz CT molecular complexity index is 4770. The van der Waals surface area contributed by atoms with Gasteiger partial charge in [0.2, 0.25) is 0 Å². The molecule has 76 heavy (non-hydrogen) atoms. The lowest BCUT2D eigenvalue weighted by atomic mass is 9.99. The fraction of sp³-hybridized carbons (Fsp3) is 0.0429. The first-order chi connectivity index (χ1) is 37.4. The number of nitrogens with zero attached hydrogens (tertiary/aromatic N) is 4. The van der Waals surface area contributed by atoms with E-state index in [-0.39, 0.29) is 0 Å². The minimum Gasteiger partial charge on any atom is -0.456 e. The lowest BCUT2D eigenvalue weighted by Crippen LogP contribution is -2.23. The molecular formula is C70H48N4O2. The first kappa shape index (κ1) is 43.7. The van der Waals surface area contributed by atoms with Crippen LogP contribution < -0.4 is 4.90 Å². The summed E-state index contributed by atoms with van der Waals surface area (Å²) in [5, 5.41) is 9.34. The number of aryl methyl sites for hydroxylation is 2. The molecule has 4 aromatic heterocycles. The van der Waals surface area contributed by atoms with Crippen LogP contribution >= 0.6 is 0 Å². The second kappa shape index (κ2) is 17.1. The molecule has 0 saturated heterocycles. The number of amidine groups is 1. The van der Waals surface area contributed by atoms with Gasteiger partial charge in [-0.1, -0.05) is 115 Å². The minimum atomic E-state index is 0.869. The van der Waals surface area contributed by atoms with Gasteiger partial charge in [-0.05, 0) is 175 Å². The van der Waals surface area contributed by atoms with Gasteiger partial charge in [0.15, 0.2) is 0 Å². The molecule has 0 atom stereocenters. The fourth-order valence-corrected chi connectivity index (χ4v) is 11.9. The molecule has 6 nitrogen and oxygen atoms in total. The van der Waals surface area contributed by atoms with Crippen molar-refractivity contribution in [1.29, 1.82) is 0 Å². The second-order valence-electron chi connectivity index (χ2n) is 20.1. The van der Waals surface area contributed by atoms with E-state index in [1.807, 2.05) is 0 Å². The summed E-state index contributed by atoms with van der Waals surface area (Å²) in [5.74, 6) is 0.869. The molecule has 0 fully saturated rings. The van der Waals surface area contributed by atoms with Gasteiger partial charge in [-0.3, -0.25) is 4.90 Å². The van der Waals surface area contributed by atoms with Crippen LogP contribution in [0.15, 0.2) is 250 Å². The summed E-state index contributed by atoms with van der Waals surface area (Å²) in [6, 6.07) is 84.6. The van der Waals surface area contributed by atoms with E-state index in [1.54, 1.807) is 0 Å². The highest BCUT2D eigenvalue weighted by Gasteiger charge is 2.20. The maximum atomic E-state index is 6.45. The monoisotopic (exact) mass is 976 g/mol. The third-order valence-corrected chi connectivity index (χ3v) is 15.5. The summed E-state index contributed by atoms with van der Waals surface area (Å²) in [5.41, 5.74) is 20.2. The lowest BCUT2D eigenvalue weighted by molar-refractivity contribution is 0.668. The van der Waals surface area contributed by atoms with Gasteiger partial charge >= 0.3 is 0 Å². The summed E-state index contributed by atoms with van der Waals surface area (Å²) < 4.78 is 17.6. The molecule has 360 valence electrons. The van der Waals surface area contributed by atoms with Gasteiger partial charge in [0.05, 0.1) is 33.4 Å². The van der Waals surface area contributed by atoms with E-state index >= 15 is 0 Å². The van der Waals surface area contributed by atoms with E-state index in [0.717, 1.165) is 112 Å². The van der Waals surface area contributed by atoms with Crippen molar-refractivity contribution in [2.24, 2.45) is 4.99 Å². The summed E-state index contributed by atoms with van der Waals surface area (Å²) >= 11 is 0. The van der Waals surface area contributed by atoms with Crippen molar-refractivity contribution in [3.63, 3.8) is 0 Å². The number of anilines is 2. The Hall–Kier alpha value is -9.91. The maximum Gasteiger partial charge on any atom is 0.135 e. The fourth-order valence-electron chi connectivity index (χ4n) is 11.9. The Morgan fingerprint density at radius 2 is 0.737 bits per heavy atom. The van der Waals surface area contributed by atoms with E-state index in [2.05, 4.69) is 271 Å². The van der Waals surface area contributed by atoms with Crippen LogP contribution in [0.3, 0.4) is 0 Å². The first-order valence-corrected chi connectivity index (χ1v) is 25.9. The number of hydrogen-bond acceptors (Lipinski definition) is 3. The SMILES string of the molecule is CC(=Nc1ccc(-c2ccc3oc4ccc(-n5c6ccccc6c6ccccc65)cc4c3c2)cc1C)N(c1ccccc1)c1ccc(-c2ccc3oc4ccc(-n5c6ccccc6c6ccccc65)cc4c3c2)cc1C. The van der Waals surface area contributed by atoms with Crippen molar-refractivity contribution in [2.75, 3.05) is 4.90 Å². The molecule has 0 bridgehead atoms. The molecule has 0 N–H and O–H groups in total. The van der Waals surface area contributed by atoms with Gasteiger partial charge in [-0.25, -0.2) is 4.99 Å². The third kappa shape index (κ3) is 6.91. The molecule has 0 unspecified atom stereocenters. The van der Waals surface area contributed by atoms with Gasteiger partial charge < -0.3 is 18.0 Å². The van der Waals surface area contributed by atoms with Gasteiger partial charge in [0.25, 0.3) is 0 Å². The molecule has 0 amide bonds. The molecule has 11 aromatic carbocycles. The normalized spacial score (nSPS) is 12.2. The Balaban J connectivity index is 0.752. The van der Waals surface area contributed by atoms with Crippen LogP contribution in [0.4, 0.5) is 17.1 Å². The molecule has 0 radical (unpaired) electrons. The summed E-state index contributed by atoms with van der Waals surface area (Å²) in [6.07, 6.45) is 0. The number of hydrogen-bond donors (Lipinski definition) is 0. The average molecular weight is 977 g/mol. The van der Waals surface area contributed by atoms with Crippen molar-refractivity contribution in [1.82, 2.24) is 9.13 Å². The van der Waals surface area contributed by atoms with E-state index < -0.39 is 0 Å². The smallest absolute Gasteiger partial charge is 0.135 e. The highest BCUT2D eigenvalue weighted by atomic mass is 16.3. The number of fused-ring (bicyclic) bond motifs is 12. The van der Waals surface area contributed by atoms with Crippen LogP contribution in [0.2, 0.25) is 0 Å². The minimum absolute atomic E-state index is 0.869. The van der Waals surface area contributed by atoms with Gasteiger partial charge in [-0.2, -0.15) is 0 Å². The standard InChI is InChI=1S/C70H48N4O2/c1-43-37-46(48-27-33-67-57(39-48)59-41-51(29-35-69(59)75-67)73-63-21-11-7-17-53(63)54-18-8-12-22-64(54)73)25-31-61(43)71-45(3)72(50-15-5-4-6-16-50)62-32-26-47(38-44(62)2)49-28-34-68-58(40-49)60-42-52(30-36-70(60)76-68)74-65-23-13-9-19-55(65)56-20-10-14-24-66(56)74/h4-42H,1-3H3. The quantitative estimate of drug-likeness (QED) is 0.118. The number of aliphatic imine (C=N–C) groups is 1. The second-order valence-corrected chi connectivity index (χ2v) is 20.1. The lowest BCUT2D eigenvalue weighted by Gasteiger charge is -2.27. The number of rotatable bonds is 7. The van der Waals surface area contributed by atoms with E-state index in [4.69, 9.17) is 13.8 Å². The predicted octanol–water partition coefficient (Wildman–Crippen LogP) is 19.5. The van der Waals surface area contributed by atoms with Crippen molar-refractivity contribution >= 4 is 110 Å². The zero-order valence-corrected chi connectivity index (χ0v) is 42.1. The van der Waals surface area contributed by atoms with Gasteiger partial charge in [-0.15, -0.1) is 0 Å². The van der Waals surface area contributed by atoms with Crippen LogP contribution in [-0.2, 0) is 0 Å². The highest BCUT2D eigenvalue weighted by molar-refractivity contribution is 6.13. The first-order valence-electron chi connectivity index (χ1n) is 25.9. The summed E-state index contributed by atoms with van der Waals surface area (Å²) in [6.45, 7) is 6.44. The third-order valence-electron chi connectivity index (χ3n) is 15.5. The number of aromatic nitrogens is 2. The molecule has 4 heterocycles. The predicted molar refractivity (Wildman–Crippen MR) is 318 cm³/mol. The van der Waals surface area contributed by atoms with Crippen LogP contribution in [0, 0.1) is 13.8 Å². The van der Waals surface area contributed by atoms with E-state index in [9.17, 15) is 0 Å². The largest absolute Gasteiger partial charge is 0.456 e. The van der Waals surface area contributed by atoms with Crippen LogP contribution in [0.1, 0.15) is 18.1 Å². The number of benzene rings is 11. The van der Waals surface area contributed by atoms with Crippen molar-refractivity contribution < 1.29 is 8.83 Å². The summed E-state index contributed by atoms with van der Waals surface area (Å²) in [4.78, 5) is 7.62. The molecule has 15 rings (SSSR count). The van der Waals surface area contributed by atoms with Crippen LogP contribution in [-0.4, -0.2) is 15.0 Å². The van der Waals surface area contributed by atoms with Crippen molar-refractivity contribution in [2.45, 2.75) is 20.8 Å². The molecule has 0 spiro atoms. The Morgan fingerprint density at radius 3 is 1.20 bits per heavy atom. The van der Waals surface area contributed by atoms with Gasteiger partial charge in [0.1, 0.15) is 28.2 Å². The number of furan rings is 2. The Labute approximate surface area is 438 Å². The van der Waals surface area contributed by atoms with Crippen molar-refractivity contribution in [3.05, 3.63) is 248 Å².